The molecule has 0 amide bonds. The summed E-state index contributed by atoms with van der Waals surface area (Å²) in [4.78, 5) is 0. The number of halogens is 2. The van der Waals surface area contributed by atoms with E-state index in [1.165, 1.54) is 31.2 Å². The van der Waals surface area contributed by atoms with E-state index in [0.29, 0.717) is 10.0 Å². The molecule has 3 rings (SSSR count). The van der Waals surface area contributed by atoms with Gasteiger partial charge in [-0.2, -0.15) is 0 Å². The number of nitrogens with one attached hydrogen (secondary N) is 1. The molecule has 2 fully saturated rings. The first-order valence-electron chi connectivity index (χ1n) is 6.78. The lowest BCUT2D eigenvalue weighted by molar-refractivity contribution is 0.152. The Balaban J connectivity index is 1.80. The SMILES string of the molecule is CC1CC(CNC2CC2)(c2ccc(Cl)c(Cl)c2)C1. The van der Waals surface area contributed by atoms with E-state index in [9.17, 15) is 0 Å². The molecule has 2 saturated carbocycles. The van der Waals surface area contributed by atoms with Crippen LogP contribution < -0.4 is 5.32 Å². The van der Waals surface area contributed by atoms with Crippen molar-refractivity contribution in [3.05, 3.63) is 33.8 Å². The third-order valence-electron chi connectivity index (χ3n) is 4.32. The monoisotopic (exact) mass is 283 g/mol. The third-order valence-corrected chi connectivity index (χ3v) is 5.06. The molecule has 1 aromatic rings. The lowest BCUT2D eigenvalue weighted by Crippen LogP contribution is -2.48. The summed E-state index contributed by atoms with van der Waals surface area (Å²) in [6.45, 7) is 3.41. The fraction of sp³-hybridized carbons (Fsp3) is 0.600. The van der Waals surface area contributed by atoms with Gasteiger partial charge >= 0.3 is 0 Å². The molecule has 2 aliphatic carbocycles. The Morgan fingerprint density at radius 3 is 2.50 bits per heavy atom. The van der Waals surface area contributed by atoms with E-state index in [-0.39, 0.29) is 5.41 Å². The van der Waals surface area contributed by atoms with Crippen molar-refractivity contribution < 1.29 is 0 Å². The Morgan fingerprint density at radius 2 is 1.94 bits per heavy atom. The summed E-state index contributed by atoms with van der Waals surface area (Å²) >= 11 is 12.2. The van der Waals surface area contributed by atoms with E-state index in [1.54, 1.807) is 0 Å². The number of hydrogen-bond acceptors (Lipinski definition) is 1. The van der Waals surface area contributed by atoms with E-state index in [2.05, 4.69) is 24.4 Å². The van der Waals surface area contributed by atoms with Crippen LogP contribution in [-0.4, -0.2) is 12.6 Å². The van der Waals surface area contributed by atoms with Crippen molar-refractivity contribution in [2.45, 2.75) is 44.1 Å². The largest absolute Gasteiger partial charge is 0.313 e. The molecule has 98 valence electrons. The molecule has 3 heteroatoms. The summed E-state index contributed by atoms with van der Waals surface area (Å²) < 4.78 is 0. The minimum absolute atomic E-state index is 0.288. The normalized spacial score (nSPS) is 31.2. The maximum Gasteiger partial charge on any atom is 0.0595 e. The van der Waals surface area contributed by atoms with Crippen molar-refractivity contribution in [1.82, 2.24) is 5.32 Å². The van der Waals surface area contributed by atoms with Crippen LogP contribution in [0.4, 0.5) is 0 Å². The molecular formula is C15H19Cl2N. The maximum absolute atomic E-state index is 6.16. The topological polar surface area (TPSA) is 12.0 Å². The van der Waals surface area contributed by atoms with Crippen LogP contribution in [0.3, 0.4) is 0 Å². The molecule has 0 bridgehead atoms. The molecule has 1 nitrogen and oxygen atoms in total. The van der Waals surface area contributed by atoms with Crippen LogP contribution in [0.5, 0.6) is 0 Å². The molecule has 0 saturated heterocycles. The van der Waals surface area contributed by atoms with Gasteiger partial charge in [0.05, 0.1) is 10.0 Å². The van der Waals surface area contributed by atoms with Gasteiger partial charge in [0.1, 0.15) is 0 Å². The first-order valence-corrected chi connectivity index (χ1v) is 7.54. The summed E-state index contributed by atoms with van der Waals surface area (Å²) in [6.07, 6.45) is 5.19. The van der Waals surface area contributed by atoms with Gasteiger partial charge in [0.25, 0.3) is 0 Å². The smallest absolute Gasteiger partial charge is 0.0595 e. The van der Waals surface area contributed by atoms with E-state index in [4.69, 9.17) is 23.2 Å². The van der Waals surface area contributed by atoms with Crippen LogP contribution in [0.25, 0.3) is 0 Å². The van der Waals surface area contributed by atoms with Crippen molar-refractivity contribution in [3.8, 4) is 0 Å². The van der Waals surface area contributed by atoms with Crippen molar-refractivity contribution in [2.75, 3.05) is 6.54 Å². The predicted octanol–water partition coefficient (Wildman–Crippen LogP) is 4.41. The summed E-state index contributed by atoms with van der Waals surface area (Å²) in [5, 5.41) is 5.01. The third kappa shape index (κ3) is 2.41. The highest BCUT2D eigenvalue weighted by atomic mass is 35.5. The van der Waals surface area contributed by atoms with Gasteiger partial charge in [-0.25, -0.2) is 0 Å². The fourth-order valence-electron chi connectivity index (χ4n) is 3.21. The van der Waals surface area contributed by atoms with Crippen molar-refractivity contribution >= 4 is 23.2 Å². The Labute approximate surface area is 119 Å². The molecule has 2 aliphatic rings. The first kappa shape index (κ1) is 12.8. The molecule has 1 aromatic carbocycles. The van der Waals surface area contributed by atoms with Gasteiger partial charge in [0.15, 0.2) is 0 Å². The number of rotatable bonds is 4. The number of hydrogen-bond donors (Lipinski definition) is 1. The van der Waals surface area contributed by atoms with E-state index in [0.717, 1.165) is 18.5 Å². The van der Waals surface area contributed by atoms with Crippen LogP contribution in [-0.2, 0) is 5.41 Å². The molecule has 1 N–H and O–H groups in total. The molecule has 0 aromatic heterocycles. The molecular weight excluding hydrogens is 265 g/mol. The summed E-state index contributed by atoms with van der Waals surface area (Å²) in [5.74, 6) is 0.820. The van der Waals surface area contributed by atoms with Crippen LogP contribution in [0, 0.1) is 5.92 Å². The molecule has 0 spiro atoms. The molecule has 18 heavy (non-hydrogen) atoms. The van der Waals surface area contributed by atoms with E-state index in [1.807, 2.05) is 6.07 Å². The van der Waals surface area contributed by atoms with Gasteiger partial charge in [0, 0.05) is 18.0 Å². The summed E-state index contributed by atoms with van der Waals surface area (Å²) in [5.41, 5.74) is 1.64. The second-order valence-electron chi connectivity index (χ2n) is 6.08. The van der Waals surface area contributed by atoms with E-state index >= 15 is 0 Å². The standard InChI is InChI=1S/C15H19Cl2N/c1-10-7-15(8-10,9-18-12-3-4-12)11-2-5-13(16)14(17)6-11/h2,5-6,10,12,18H,3-4,7-9H2,1H3. The van der Waals surface area contributed by atoms with Gasteiger partial charge in [-0.15, -0.1) is 0 Å². The van der Waals surface area contributed by atoms with Gasteiger partial charge in [-0.05, 0) is 49.3 Å². The van der Waals surface area contributed by atoms with Crippen LogP contribution in [0.2, 0.25) is 10.0 Å². The number of benzene rings is 1. The van der Waals surface area contributed by atoms with Crippen molar-refractivity contribution in [2.24, 2.45) is 5.92 Å². The Morgan fingerprint density at radius 1 is 1.22 bits per heavy atom. The maximum atomic E-state index is 6.16. The fourth-order valence-corrected chi connectivity index (χ4v) is 3.51. The minimum Gasteiger partial charge on any atom is -0.313 e. The summed E-state index contributed by atoms with van der Waals surface area (Å²) in [7, 11) is 0. The van der Waals surface area contributed by atoms with E-state index < -0.39 is 0 Å². The van der Waals surface area contributed by atoms with Gasteiger partial charge in [-0.1, -0.05) is 36.2 Å². The second kappa shape index (κ2) is 4.70. The minimum atomic E-state index is 0.288. The Hall–Kier alpha value is -0.240. The predicted molar refractivity (Wildman–Crippen MR) is 77.6 cm³/mol. The highest BCUT2D eigenvalue weighted by Crippen LogP contribution is 2.48. The second-order valence-corrected chi connectivity index (χ2v) is 6.89. The zero-order chi connectivity index (χ0) is 12.8. The van der Waals surface area contributed by atoms with Crippen molar-refractivity contribution in [1.29, 1.82) is 0 Å². The van der Waals surface area contributed by atoms with Gasteiger partial charge in [0.2, 0.25) is 0 Å². The average Bonchev–Trinajstić information content (AvgIpc) is 3.10. The molecule has 0 heterocycles. The first-order chi connectivity index (χ1) is 8.59. The van der Waals surface area contributed by atoms with Crippen LogP contribution in [0.15, 0.2) is 18.2 Å². The van der Waals surface area contributed by atoms with Crippen molar-refractivity contribution in [3.63, 3.8) is 0 Å². The lowest BCUT2D eigenvalue weighted by Gasteiger charge is -2.47. The zero-order valence-electron chi connectivity index (χ0n) is 10.7. The Bertz CT molecular complexity index is 448. The highest BCUT2D eigenvalue weighted by Gasteiger charge is 2.44. The quantitative estimate of drug-likeness (QED) is 0.863. The Kier molecular flexibility index (Phi) is 3.34. The van der Waals surface area contributed by atoms with Crippen LogP contribution in [0.1, 0.15) is 38.2 Å². The van der Waals surface area contributed by atoms with Gasteiger partial charge < -0.3 is 5.32 Å². The molecule has 0 radical (unpaired) electrons. The van der Waals surface area contributed by atoms with Gasteiger partial charge in [-0.3, -0.25) is 0 Å². The highest BCUT2D eigenvalue weighted by molar-refractivity contribution is 6.42. The molecule has 0 atom stereocenters. The molecule has 0 unspecified atom stereocenters. The van der Waals surface area contributed by atoms with Crippen LogP contribution >= 0.6 is 23.2 Å². The molecule has 0 aliphatic heterocycles. The summed E-state index contributed by atoms with van der Waals surface area (Å²) in [6, 6.07) is 6.90. The zero-order valence-corrected chi connectivity index (χ0v) is 12.2. The average molecular weight is 284 g/mol. The lowest BCUT2D eigenvalue weighted by atomic mass is 9.59.